The summed E-state index contributed by atoms with van der Waals surface area (Å²) in [5.74, 6) is 0.247. The van der Waals surface area contributed by atoms with E-state index in [4.69, 9.17) is 0 Å². The molecule has 34 heavy (non-hydrogen) atoms. The molecule has 1 amide bonds. The smallest absolute Gasteiger partial charge is 0.243 e. The first kappa shape index (κ1) is 23.1. The fourth-order valence-corrected chi connectivity index (χ4v) is 7.82. The molecule has 1 N–H and O–H groups in total. The Morgan fingerprint density at radius 2 is 1.88 bits per heavy atom. The van der Waals surface area contributed by atoms with Gasteiger partial charge in [-0.15, -0.1) is 0 Å². The van der Waals surface area contributed by atoms with E-state index in [-0.39, 0.29) is 23.3 Å². The molecule has 2 aliphatic heterocycles. The molecule has 0 aromatic heterocycles. The monoisotopic (exact) mass is 479 g/mol. The van der Waals surface area contributed by atoms with Crippen LogP contribution in [0.2, 0.25) is 0 Å². The summed E-state index contributed by atoms with van der Waals surface area (Å²) in [4.78, 5) is 14.1. The van der Waals surface area contributed by atoms with Gasteiger partial charge in [-0.2, -0.15) is 4.31 Å². The normalized spacial score (nSPS) is 27.4. The lowest BCUT2D eigenvalue weighted by atomic mass is 9.82. The molecule has 3 aliphatic rings. The Hall–Kier alpha value is -2.64. The van der Waals surface area contributed by atoms with Gasteiger partial charge in [0.1, 0.15) is 0 Å². The van der Waals surface area contributed by atoms with E-state index in [9.17, 15) is 13.2 Å². The number of carbonyl (C=O) groups excluding carboxylic acids is 1. The van der Waals surface area contributed by atoms with Gasteiger partial charge in [0.25, 0.3) is 0 Å². The third-order valence-electron chi connectivity index (χ3n) is 7.67. The minimum Gasteiger partial charge on any atom is -0.365 e. The molecule has 180 valence electrons. The maximum atomic E-state index is 13.6. The van der Waals surface area contributed by atoms with Gasteiger partial charge in [0.15, 0.2) is 0 Å². The van der Waals surface area contributed by atoms with E-state index in [1.165, 1.54) is 23.7 Å². The zero-order valence-corrected chi connectivity index (χ0v) is 20.9. The number of rotatable bonds is 5. The topological polar surface area (TPSA) is 69.7 Å². The number of nitrogens with one attached hydrogen (secondary N) is 1. The van der Waals surface area contributed by atoms with Gasteiger partial charge in [-0.05, 0) is 43.5 Å². The molecule has 2 fully saturated rings. The van der Waals surface area contributed by atoms with Crippen LogP contribution in [0.5, 0.6) is 0 Å². The second-order valence-electron chi connectivity index (χ2n) is 10.2. The summed E-state index contributed by atoms with van der Waals surface area (Å²) in [6.45, 7) is 8.03. The maximum Gasteiger partial charge on any atom is 0.243 e. The number of anilines is 1. The van der Waals surface area contributed by atoms with Crippen molar-refractivity contribution in [3.05, 3.63) is 71.3 Å². The Labute approximate surface area is 202 Å². The third-order valence-corrected chi connectivity index (χ3v) is 9.53. The highest BCUT2D eigenvalue weighted by molar-refractivity contribution is 7.89. The molecule has 0 unspecified atom stereocenters. The maximum absolute atomic E-state index is 13.6. The minimum atomic E-state index is -3.58. The number of benzene rings is 2. The molecule has 7 heteroatoms. The zero-order chi connectivity index (χ0) is 24.1. The van der Waals surface area contributed by atoms with Gasteiger partial charge < -0.3 is 10.2 Å². The van der Waals surface area contributed by atoms with E-state index in [1.807, 2.05) is 19.1 Å². The van der Waals surface area contributed by atoms with E-state index in [1.54, 1.807) is 16.4 Å². The number of hydrogen-bond donors (Lipinski definition) is 1. The Morgan fingerprint density at radius 1 is 1.15 bits per heavy atom. The van der Waals surface area contributed by atoms with Crippen molar-refractivity contribution in [1.29, 1.82) is 0 Å². The molecule has 6 nitrogen and oxygen atoms in total. The molecule has 3 atom stereocenters. The summed E-state index contributed by atoms with van der Waals surface area (Å²) in [6, 6.07) is 16.0. The van der Waals surface area contributed by atoms with Crippen molar-refractivity contribution in [2.24, 2.45) is 5.41 Å². The molecule has 1 aliphatic carbocycles. The SMILES string of the molecule is CC(=O)NCC/C=C1\C[C@@]2(C)CN(S(=O)(=O)c3ccc(C)cc3)CCN3c4ccccc4[C@@H]1[C@H]32. The molecule has 0 bridgehead atoms. The predicted molar refractivity (Wildman–Crippen MR) is 134 cm³/mol. The third kappa shape index (κ3) is 3.85. The number of fused-ring (bicyclic) bond motifs is 3. The van der Waals surface area contributed by atoms with Crippen LogP contribution in [-0.2, 0) is 14.8 Å². The van der Waals surface area contributed by atoms with Crippen LogP contribution in [0, 0.1) is 12.3 Å². The van der Waals surface area contributed by atoms with Crippen LogP contribution >= 0.6 is 0 Å². The average molecular weight is 480 g/mol. The molecule has 2 aromatic carbocycles. The Morgan fingerprint density at radius 3 is 2.62 bits per heavy atom. The predicted octanol–water partition coefficient (Wildman–Crippen LogP) is 3.83. The molecule has 2 heterocycles. The van der Waals surface area contributed by atoms with Crippen LogP contribution in [0.25, 0.3) is 0 Å². The number of aryl methyl sites for hydroxylation is 1. The van der Waals surface area contributed by atoms with Gasteiger partial charge in [-0.3, -0.25) is 4.79 Å². The number of amides is 1. The summed E-state index contributed by atoms with van der Waals surface area (Å²) in [6.07, 6.45) is 3.91. The van der Waals surface area contributed by atoms with Crippen LogP contribution in [0.15, 0.2) is 65.1 Å². The summed E-state index contributed by atoms with van der Waals surface area (Å²) in [5, 5.41) is 2.88. The highest BCUT2D eigenvalue weighted by atomic mass is 32.2. The van der Waals surface area contributed by atoms with Crippen molar-refractivity contribution >= 4 is 21.6 Å². The standard InChI is InChI=1S/C27H33N3O3S/c1-19-10-12-22(13-11-19)34(32,33)29-15-16-30-24-9-5-4-8-23(24)25-21(7-6-14-28-20(2)31)17-27(3,18-29)26(25)30/h4-5,7-13,25-26H,6,14-18H2,1-3H3,(H,28,31)/b21-7+/t25-,26+,27+/m1/s1. The number of para-hydroxylation sites is 1. The summed E-state index contributed by atoms with van der Waals surface area (Å²) in [7, 11) is -3.58. The van der Waals surface area contributed by atoms with Crippen molar-refractivity contribution in [2.75, 3.05) is 31.1 Å². The van der Waals surface area contributed by atoms with Crippen LogP contribution in [-0.4, -0.2) is 50.9 Å². The fourth-order valence-electron chi connectivity index (χ4n) is 6.25. The second-order valence-corrected chi connectivity index (χ2v) is 12.1. The summed E-state index contributed by atoms with van der Waals surface area (Å²) >= 11 is 0. The first-order chi connectivity index (χ1) is 16.2. The van der Waals surface area contributed by atoms with Crippen molar-refractivity contribution < 1.29 is 13.2 Å². The van der Waals surface area contributed by atoms with Crippen molar-refractivity contribution in [2.45, 2.75) is 50.5 Å². The van der Waals surface area contributed by atoms with Gasteiger partial charge in [0.2, 0.25) is 15.9 Å². The number of nitrogens with zero attached hydrogens (tertiary/aromatic N) is 2. The largest absolute Gasteiger partial charge is 0.365 e. The second kappa shape index (κ2) is 8.54. The molecular formula is C27H33N3O3S. The quantitative estimate of drug-likeness (QED) is 0.523. The number of carbonyl (C=O) groups is 1. The molecule has 0 spiro atoms. The zero-order valence-electron chi connectivity index (χ0n) is 20.1. The molecule has 0 radical (unpaired) electrons. The van der Waals surface area contributed by atoms with Crippen molar-refractivity contribution in [1.82, 2.24) is 9.62 Å². The average Bonchev–Trinajstić information content (AvgIpc) is 3.22. The Bertz CT molecular complexity index is 1240. The first-order valence-electron chi connectivity index (χ1n) is 12.1. The van der Waals surface area contributed by atoms with Crippen LogP contribution in [0.4, 0.5) is 5.69 Å². The fraction of sp³-hybridized carbons (Fsp3) is 0.444. The van der Waals surface area contributed by atoms with Gasteiger partial charge in [-0.25, -0.2) is 8.42 Å². The van der Waals surface area contributed by atoms with E-state index < -0.39 is 10.0 Å². The van der Waals surface area contributed by atoms with Crippen molar-refractivity contribution in [3.63, 3.8) is 0 Å². The van der Waals surface area contributed by atoms with Gasteiger partial charge in [0.05, 0.1) is 4.90 Å². The van der Waals surface area contributed by atoms with Crippen molar-refractivity contribution in [3.8, 4) is 0 Å². The molecule has 5 rings (SSSR count). The number of hydrogen-bond acceptors (Lipinski definition) is 4. The van der Waals surface area contributed by atoms with Gasteiger partial charge in [0, 0.05) is 56.2 Å². The van der Waals surface area contributed by atoms with Crippen LogP contribution in [0.3, 0.4) is 0 Å². The first-order valence-corrected chi connectivity index (χ1v) is 13.5. The van der Waals surface area contributed by atoms with Gasteiger partial charge in [-0.1, -0.05) is 54.5 Å². The lowest BCUT2D eigenvalue weighted by Crippen LogP contribution is -2.44. The Kier molecular flexibility index (Phi) is 5.81. The highest BCUT2D eigenvalue weighted by Gasteiger charge is 2.57. The molecule has 1 saturated carbocycles. The van der Waals surface area contributed by atoms with E-state index in [0.717, 1.165) is 18.4 Å². The van der Waals surface area contributed by atoms with Crippen LogP contribution < -0.4 is 10.2 Å². The lowest BCUT2D eigenvalue weighted by Gasteiger charge is -2.36. The summed E-state index contributed by atoms with van der Waals surface area (Å²) < 4.78 is 29.0. The minimum absolute atomic E-state index is 0.0173. The van der Waals surface area contributed by atoms with Crippen LogP contribution in [0.1, 0.15) is 43.7 Å². The highest BCUT2D eigenvalue weighted by Crippen LogP contribution is 2.60. The van der Waals surface area contributed by atoms with E-state index in [2.05, 4.69) is 47.5 Å². The van der Waals surface area contributed by atoms with E-state index >= 15 is 0 Å². The van der Waals surface area contributed by atoms with E-state index in [0.29, 0.717) is 31.1 Å². The lowest BCUT2D eigenvalue weighted by molar-refractivity contribution is -0.118. The number of sulfonamides is 1. The molecule has 1 saturated heterocycles. The Balaban J connectivity index is 1.51. The molecular weight excluding hydrogens is 446 g/mol. The molecule has 2 aromatic rings. The summed E-state index contributed by atoms with van der Waals surface area (Å²) in [5.41, 5.74) is 4.77. The van der Waals surface area contributed by atoms with Gasteiger partial charge >= 0.3 is 0 Å².